The largest absolute Gasteiger partial charge is 0.305 e. The van der Waals surface area contributed by atoms with E-state index in [2.05, 4.69) is 5.32 Å². The quantitative estimate of drug-likeness (QED) is 0.907. The van der Waals surface area contributed by atoms with Crippen LogP contribution in [-0.2, 0) is 9.84 Å². The summed E-state index contributed by atoms with van der Waals surface area (Å²) in [5, 5.41) is 3.08. The molecule has 0 radical (unpaired) electrons. The number of hydrogen-bond donors (Lipinski definition) is 1. The molecule has 0 aliphatic carbocycles. The maximum absolute atomic E-state index is 13.9. The Morgan fingerprint density at radius 2 is 1.95 bits per heavy atom. The first-order valence-corrected chi connectivity index (χ1v) is 8.06. The number of sulfone groups is 1. The Morgan fingerprint density at radius 3 is 2.58 bits per heavy atom. The van der Waals surface area contributed by atoms with Crippen LogP contribution in [0.25, 0.3) is 0 Å². The summed E-state index contributed by atoms with van der Waals surface area (Å²) in [4.78, 5) is 0. The first kappa shape index (κ1) is 14.4. The van der Waals surface area contributed by atoms with E-state index in [0.29, 0.717) is 6.42 Å². The standard InChI is InChI=1S/C13H17F2NO2S/c1-3-9-6-19(17,18)7-13(16-9)10-5-11(14)8(2)4-12(10)15/h4-5,9,13,16H,3,6-7H2,1-2H3. The van der Waals surface area contributed by atoms with Gasteiger partial charge in [0.05, 0.1) is 11.5 Å². The highest BCUT2D eigenvalue weighted by atomic mass is 32.2. The lowest BCUT2D eigenvalue weighted by Crippen LogP contribution is -2.47. The van der Waals surface area contributed by atoms with Crippen molar-refractivity contribution >= 4 is 9.84 Å². The van der Waals surface area contributed by atoms with E-state index in [9.17, 15) is 17.2 Å². The second-order valence-electron chi connectivity index (χ2n) is 5.02. The van der Waals surface area contributed by atoms with Gasteiger partial charge < -0.3 is 5.32 Å². The number of halogens is 2. The molecule has 3 nitrogen and oxygen atoms in total. The van der Waals surface area contributed by atoms with Crippen molar-refractivity contribution in [1.29, 1.82) is 0 Å². The minimum Gasteiger partial charge on any atom is -0.305 e. The second kappa shape index (κ2) is 5.17. The Morgan fingerprint density at radius 1 is 1.26 bits per heavy atom. The zero-order chi connectivity index (χ0) is 14.2. The van der Waals surface area contributed by atoms with E-state index < -0.39 is 27.5 Å². The monoisotopic (exact) mass is 289 g/mol. The van der Waals surface area contributed by atoms with Gasteiger partial charge in [-0.2, -0.15) is 0 Å². The van der Waals surface area contributed by atoms with Gasteiger partial charge in [0.15, 0.2) is 9.84 Å². The molecule has 0 saturated carbocycles. The Hall–Kier alpha value is -1.01. The fourth-order valence-corrected chi connectivity index (χ4v) is 4.22. The molecule has 0 aromatic heterocycles. The van der Waals surface area contributed by atoms with Crippen LogP contribution in [0.1, 0.15) is 30.5 Å². The fourth-order valence-electron chi connectivity index (χ4n) is 2.35. The minimum absolute atomic E-state index is 0.0516. The van der Waals surface area contributed by atoms with Gasteiger partial charge in [-0.25, -0.2) is 17.2 Å². The minimum atomic E-state index is -3.23. The molecule has 1 aromatic carbocycles. The maximum Gasteiger partial charge on any atom is 0.153 e. The third-order valence-corrected chi connectivity index (χ3v) is 5.21. The molecule has 106 valence electrons. The Kier molecular flexibility index (Phi) is 3.92. The molecule has 1 fully saturated rings. The highest BCUT2D eigenvalue weighted by molar-refractivity contribution is 7.91. The van der Waals surface area contributed by atoms with Crippen molar-refractivity contribution in [3.8, 4) is 0 Å². The highest BCUT2D eigenvalue weighted by Crippen LogP contribution is 2.26. The van der Waals surface area contributed by atoms with Crippen LogP contribution in [0.4, 0.5) is 8.78 Å². The Bertz CT molecular complexity index is 587. The molecule has 19 heavy (non-hydrogen) atoms. The maximum atomic E-state index is 13.9. The molecule has 2 unspecified atom stereocenters. The van der Waals surface area contributed by atoms with Crippen LogP contribution < -0.4 is 5.32 Å². The van der Waals surface area contributed by atoms with Crippen molar-refractivity contribution in [3.63, 3.8) is 0 Å². The topological polar surface area (TPSA) is 46.2 Å². The molecule has 0 bridgehead atoms. The normalized spacial score (nSPS) is 26.3. The summed E-state index contributed by atoms with van der Waals surface area (Å²) in [6.45, 7) is 3.34. The molecule has 2 rings (SSSR count). The van der Waals surface area contributed by atoms with Gasteiger partial charge in [0.1, 0.15) is 11.6 Å². The van der Waals surface area contributed by atoms with Crippen molar-refractivity contribution in [3.05, 3.63) is 34.9 Å². The summed E-state index contributed by atoms with van der Waals surface area (Å²) in [5.41, 5.74) is 0.303. The lowest BCUT2D eigenvalue weighted by atomic mass is 10.0. The van der Waals surface area contributed by atoms with Crippen molar-refractivity contribution in [1.82, 2.24) is 5.32 Å². The summed E-state index contributed by atoms with van der Waals surface area (Å²) < 4.78 is 51.1. The van der Waals surface area contributed by atoms with Crippen LogP contribution >= 0.6 is 0 Å². The van der Waals surface area contributed by atoms with Gasteiger partial charge in [-0.15, -0.1) is 0 Å². The fraction of sp³-hybridized carbons (Fsp3) is 0.538. The van der Waals surface area contributed by atoms with E-state index >= 15 is 0 Å². The first-order chi connectivity index (χ1) is 8.82. The van der Waals surface area contributed by atoms with E-state index in [0.717, 1.165) is 12.1 Å². The van der Waals surface area contributed by atoms with Crippen LogP contribution in [0.2, 0.25) is 0 Å². The summed E-state index contributed by atoms with van der Waals surface area (Å²) in [7, 11) is -3.23. The molecule has 1 aliphatic rings. The number of nitrogens with one attached hydrogen (secondary N) is 1. The summed E-state index contributed by atoms with van der Waals surface area (Å²) >= 11 is 0. The summed E-state index contributed by atoms with van der Waals surface area (Å²) in [6, 6.07) is 1.30. The molecular formula is C13H17F2NO2S. The second-order valence-corrected chi connectivity index (χ2v) is 7.18. The number of aryl methyl sites for hydroxylation is 1. The third-order valence-electron chi connectivity index (χ3n) is 3.46. The van der Waals surface area contributed by atoms with E-state index in [-0.39, 0.29) is 28.7 Å². The van der Waals surface area contributed by atoms with Crippen molar-refractivity contribution in [2.24, 2.45) is 0 Å². The predicted octanol–water partition coefficient (Wildman–Crippen LogP) is 2.11. The summed E-state index contributed by atoms with van der Waals surface area (Å²) in [5.74, 6) is -1.23. The molecule has 0 spiro atoms. The van der Waals surface area contributed by atoms with Crippen molar-refractivity contribution in [2.75, 3.05) is 11.5 Å². The third kappa shape index (κ3) is 3.12. The Labute approximate surface area is 111 Å². The highest BCUT2D eigenvalue weighted by Gasteiger charge is 2.32. The number of benzene rings is 1. The number of hydrogen-bond acceptors (Lipinski definition) is 3. The number of rotatable bonds is 2. The van der Waals surface area contributed by atoms with Crippen LogP contribution in [-0.4, -0.2) is 26.0 Å². The molecule has 1 saturated heterocycles. The average molecular weight is 289 g/mol. The van der Waals surface area contributed by atoms with E-state index in [1.54, 1.807) is 0 Å². The van der Waals surface area contributed by atoms with Gasteiger partial charge >= 0.3 is 0 Å². The van der Waals surface area contributed by atoms with Gasteiger partial charge in [-0.3, -0.25) is 0 Å². The van der Waals surface area contributed by atoms with Gasteiger partial charge in [-0.05, 0) is 31.0 Å². The molecule has 2 atom stereocenters. The Balaban J connectivity index is 2.38. The molecule has 1 aromatic rings. The average Bonchev–Trinajstić information content (AvgIpc) is 2.31. The van der Waals surface area contributed by atoms with E-state index in [1.165, 1.54) is 6.92 Å². The van der Waals surface area contributed by atoms with Crippen LogP contribution in [0.5, 0.6) is 0 Å². The SMILES string of the molecule is CCC1CS(=O)(=O)CC(c2cc(F)c(C)cc2F)N1. The smallest absolute Gasteiger partial charge is 0.153 e. The summed E-state index contributed by atoms with van der Waals surface area (Å²) in [6.07, 6.45) is 0.631. The first-order valence-electron chi connectivity index (χ1n) is 6.24. The zero-order valence-electron chi connectivity index (χ0n) is 10.9. The van der Waals surface area contributed by atoms with Crippen LogP contribution in [0, 0.1) is 18.6 Å². The van der Waals surface area contributed by atoms with Gasteiger partial charge in [0.25, 0.3) is 0 Å². The van der Waals surface area contributed by atoms with Gasteiger partial charge in [0, 0.05) is 17.6 Å². The predicted molar refractivity (Wildman–Crippen MR) is 69.7 cm³/mol. The molecule has 6 heteroatoms. The van der Waals surface area contributed by atoms with Gasteiger partial charge in [-0.1, -0.05) is 6.92 Å². The lowest BCUT2D eigenvalue weighted by Gasteiger charge is -2.31. The zero-order valence-corrected chi connectivity index (χ0v) is 11.7. The van der Waals surface area contributed by atoms with Crippen LogP contribution in [0.3, 0.4) is 0 Å². The van der Waals surface area contributed by atoms with Gasteiger partial charge in [0.2, 0.25) is 0 Å². The van der Waals surface area contributed by atoms with E-state index in [1.807, 2.05) is 6.92 Å². The lowest BCUT2D eigenvalue weighted by molar-refractivity contribution is 0.427. The molecule has 1 N–H and O–H groups in total. The molecular weight excluding hydrogens is 272 g/mol. The van der Waals surface area contributed by atoms with E-state index in [4.69, 9.17) is 0 Å². The molecule has 0 amide bonds. The van der Waals surface area contributed by atoms with Crippen LogP contribution in [0.15, 0.2) is 12.1 Å². The molecule has 1 aliphatic heterocycles. The molecule has 1 heterocycles. The van der Waals surface area contributed by atoms with Crippen molar-refractivity contribution < 1.29 is 17.2 Å². The van der Waals surface area contributed by atoms with Crippen molar-refractivity contribution in [2.45, 2.75) is 32.4 Å².